The molecule has 0 aromatic heterocycles. The second kappa shape index (κ2) is 7.84. The lowest BCUT2D eigenvalue weighted by molar-refractivity contribution is -0.130. The Hall–Kier alpha value is -1.80. The van der Waals surface area contributed by atoms with Crippen LogP contribution in [0.2, 0.25) is 0 Å². The standard InChI is InChI=1S/C18H28N4O3S/c1-15-13-16(20-7-3-4-8-20)5-6-17(15)19-14-18(23)21-9-11-22(12-10-21)26(2,24)25/h5-6,13,19H,3-4,7-12,14H2,1-2H3. The van der Waals surface area contributed by atoms with E-state index in [0.29, 0.717) is 26.2 Å². The topological polar surface area (TPSA) is 73.0 Å². The first kappa shape index (κ1) is 19.0. The first-order valence-electron chi connectivity index (χ1n) is 9.17. The zero-order chi connectivity index (χ0) is 18.7. The number of carbonyl (C=O) groups excluding carboxylic acids is 1. The molecule has 0 atom stereocenters. The van der Waals surface area contributed by atoms with Crippen molar-refractivity contribution in [3.05, 3.63) is 23.8 Å². The highest BCUT2D eigenvalue weighted by Crippen LogP contribution is 2.25. The SMILES string of the molecule is Cc1cc(N2CCCC2)ccc1NCC(=O)N1CCN(S(C)(=O)=O)CC1. The van der Waals surface area contributed by atoms with Gasteiger partial charge in [0.05, 0.1) is 12.8 Å². The van der Waals surface area contributed by atoms with Crippen LogP contribution in [0.15, 0.2) is 18.2 Å². The average molecular weight is 381 g/mol. The maximum absolute atomic E-state index is 12.4. The fourth-order valence-electron chi connectivity index (χ4n) is 3.57. The van der Waals surface area contributed by atoms with E-state index in [1.807, 2.05) is 6.07 Å². The maximum atomic E-state index is 12.4. The van der Waals surface area contributed by atoms with Crippen LogP contribution in [0, 0.1) is 6.92 Å². The molecule has 0 radical (unpaired) electrons. The quantitative estimate of drug-likeness (QED) is 0.828. The van der Waals surface area contributed by atoms with Gasteiger partial charge in [0.25, 0.3) is 0 Å². The summed E-state index contributed by atoms with van der Waals surface area (Å²) in [5, 5.41) is 3.23. The number of anilines is 2. The third-order valence-electron chi connectivity index (χ3n) is 5.17. The normalized spacial score (nSPS) is 19.0. The molecule has 3 rings (SSSR count). The second-order valence-corrected chi connectivity index (χ2v) is 9.07. The molecular formula is C18H28N4O3S. The van der Waals surface area contributed by atoms with Gasteiger partial charge in [0, 0.05) is 50.6 Å². The number of amides is 1. The zero-order valence-electron chi connectivity index (χ0n) is 15.6. The molecule has 7 nitrogen and oxygen atoms in total. The van der Waals surface area contributed by atoms with E-state index in [1.54, 1.807) is 4.90 Å². The minimum atomic E-state index is -3.17. The van der Waals surface area contributed by atoms with Gasteiger partial charge in [0.2, 0.25) is 15.9 Å². The van der Waals surface area contributed by atoms with Gasteiger partial charge in [-0.25, -0.2) is 8.42 Å². The van der Waals surface area contributed by atoms with Gasteiger partial charge in [-0.2, -0.15) is 4.31 Å². The van der Waals surface area contributed by atoms with E-state index in [0.717, 1.165) is 24.3 Å². The highest BCUT2D eigenvalue weighted by molar-refractivity contribution is 7.88. The molecule has 0 saturated carbocycles. The molecule has 1 N–H and O–H groups in total. The fourth-order valence-corrected chi connectivity index (χ4v) is 4.40. The molecule has 2 heterocycles. The van der Waals surface area contributed by atoms with E-state index in [4.69, 9.17) is 0 Å². The number of hydrogen-bond donors (Lipinski definition) is 1. The summed E-state index contributed by atoms with van der Waals surface area (Å²) in [4.78, 5) is 16.5. The highest BCUT2D eigenvalue weighted by Gasteiger charge is 2.25. The van der Waals surface area contributed by atoms with Crippen LogP contribution in [0.3, 0.4) is 0 Å². The minimum Gasteiger partial charge on any atom is -0.376 e. The average Bonchev–Trinajstić information content (AvgIpc) is 3.14. The molecule has 0 spiro atoms. The number of rotatable bonds is 5. The number of aryl methyl sites for hydroxylation is 1. The molecule has 2 aliphatic rings. The van der Waals surface area contributed by atoms with E-state index in [-0.39, 0.29) is 12.5 Å². The molecule has 2 fully saturated rings. The van der Waals surface area contributed by atoms with Gasteiger partial charge in [0.15, 0.2) is 0 Å². The Bertz CT molecular complexity index is 752. The van der Waals surface area contributed by atoms with Crippen molar-refractivity contribution in [2.75, 3.05) is 62.3 Å². The van der Waals surface area contributed by atoms with Crippen molar-refractivity contribution in [3.8, 4) is 0 Å². The number of benzene rings is 1. The molecule has 1 aromatic carbocycles. The molecule has 2 saturated heterocycles. The van der Waals surface area contributed by atoms with Crippen LogP contribution in [-0.4, -0.2) is 75.6 Å². The molecule has 26 heavy (non-hydrogen) atoms. The minimum absolute atomic E-state index is 0.00108. The monoisotopic (exact) mass is 380 g/mol. The molecule has 8 heteroatoms. The predicted molar refractivity (Wildman–Crippen MR) is 104 cm³/mol. The Morgan fingerprint density at radius 1 is 1.08 bits per heavy atom. The van der Waals surface area contributed by atoms with Crippen molar-refractivity contribution in [1.29, 1.82) is 0 Å². The van der Waals surface area contributed by atoms with E-state index < -0.39 is 10.0 Å². The van der Waals surface area contributed by atoms with Crippen LogP contribution in [0.1, 0.15) is 18.4 Å². The van der Waals surface area contributed by atoms with E-state index in [9.17, 15) is 13.2 Å². The van der Waals surface area contributed by atoms with E-state index in [1.165, 1.54) is 29.1 Å². The summed E-state index contributed by atoms with van der Waals surface area (Å²) in [7, 11) is -3.17. The van der Waals surface area contributed by atoms with Crippen LogP contribution in [-0.2, 0) is 14.8 Å². The van der Waals surface area contributed by atoms with Crippen molar-refractivity contribution < 1.29 is 13.2 Å². The summed E-state index contributed by atoms with van der Waals surface area (Å²) in [6.45, 7) is 6.14. The first-order valence-corrected chi connectivity index (χ1v) is 11.0. The van der Waals surface area contributed by atoms with Crippen LogP contribution < -0.4 is 10.2 Å². The number of carbonyl (C=O) groups is 1. The Morgan fingerprint density at radius 2 is 1.73 bits per heavy atom. The van der Waals surface area contributed by atoms with E-state index >= 15 is 0 Å². The molecule has 1 aromatic rings. The van der Waals surface area contributed by atoms with Gasteiger partial charge in [-0.3, -0.25) is 4.79 Å². The summed E-state index contributed by atoms with van der Waals surface area (Å²) in [5.41, 5.74) is 3.34. The fraction of sp³-hybridized carbons (Fsp3) is 0.611. The number of hydrogen-bond acceptors (Lipinski definition) is 5. The van der Waals surface area contributed by atoms with Crippen LogP contribution in [0.5, 0.6) is 0 Å². The van der Waals surface area contributed by atoms with Gasteiger partial charge < -0.3 is 15.1 Å². The first-order chi connectivity index (χ1) is 12.3. The van der Waals surface area contributed by atoms with Crippen LogP contribution >= 0.6 is 0 Å². The number of nitrogens with zero attached hydrogens (tertiary/aromatic N) is 3. The Kier molecular flexibility index (Phi) is 5.72. The Balaban J connectivity index is 1.52. The Labute approximate surface area is 156 Å². The summed E-state index contributed by atoms with van der Waals surface area (Å²) >= 11 is 0. The summed E-state index contributed by atoms with van der Waals surface area (Å²) in [6, 6.07) is 6.32. The van der Waals surface area contributed by atoms with Crippen molar-refractivity contribution in [2.45, 2.75) is 19.8 Å². The predicted octanol–water partition coefficient (Wildman–Crippen LogP) is 1.11. The van der Waals surface area contributed by atoms with Gasteiger partial charge in [-0.05, 0) is 43.5 Å². The molecule has 0 aliphatic carbocycles. The van der Waals surface area contributed by atoms with Crippen molar-refractivity contribution in [2.24, 2.45) is 0 Å². The smallest absolute Gasteiger partial charge is 0.241 e. The summed E-state index contributed by atoms with van der Waals surface area (Å²) in [6.07, 6.45) is 3.71. The molecule has 144 valence electrons. The molecule has 1 amide bonds. The zero-order valence-corrected chi connectivity index (χ0v) is 16.4. The lowest BCUT2D eigenvalue weighted by atomic mass is 10.1. The second-order valence-electron chi connectivity index (χ2n) is 7.09. The third-order valence-corrected chi connectivity index (χ3v) is 6.47. The Morgan fingerprint density at radius 3 is 2.31 bits per heavy atom. The van der Waals surface area contributed by atoms with Crippen molar-refractivity contribution in [3.63, 3.8) is 0 Å². The summed E-state index contributed by atoms with van der Waals surface area (Å²) in [5.74, 6) is 0.00108. The van der Waals surface area contributed by atoms with Gasteiger partial charge >= 0.3 is 0 Å². The molecular weight excluding hydrogens is 352 g/mol. The third kappa shape index (κ3) is 4.48. The molecule has 0 unspecified atom stereocenters. The van der Waals surface area contributed by atoms with Gasteiger partial charge in [0.1, 0.15) is 0 Å². The van der Waals surface area contributed by atoms with Crippen molar-refractivity contribution >= 4 is 27.3 Å². The van der Waals surface area contributed by atoms with Crippen LogP contribution in [0.25, 0.3) is 0 Å². The lowest BCUT2D eigenvalue weighted by Crippen LogP contribution is -2.51. The van der Waals surface area contributed by atoms with Crippen LogP contribution in [0.4, 0.5) is 11.4 Å². The largest absolute Gasteiger partial charge is 0.376 e. The summed E-state index contributed by atoms with van der Waals surface area (Å²) < 4.78 is 24.5. The number of nitrogens with one attached hydrogen (secondary N) is 1. The molecule has 2 aliphatic heterocycles. The van der Waals surface area contributed by atoms with Crippen molar-refractivity contribution in [1.82, 2.24) is 9.21 Å². The van der Waals surface area contributed by atoms with Gasteiger partial charge in [-0.1, -0.05) is 0 Å². The lowest BCUT2D eigenvalue weighted by Gasteiger charge is -2.33. The van der Waals surface area contributed by atoms with E-state index in [2.05, 4.69) is 29.3 Å². The highest BCUT2D eigenvalue weighted by atomic mass is 32.2. The maximum Gasteiger partial charge on any atom is 0.241 e. The number of sulfonamides is 1. The van der Waals surface area contributed by atoms with Gasteiger partial charge in [-0.15, -0.1) is 0 Å². The molecule has 0 bridgehead atoms. The number of piperazine rings is 1.